The van der Waals surface area contributed by atoms with Gasteiger partial charge in [0.1, 0.15) is 0 Å². The van der Waals surface area contributed by atoms with Crippen LogP contribution in [0.15, 0.2) is 336 Å². The van der Waals surface area contributed by atoms with Crippen molar-refractivity contribution in [2.75, 3.05) is 0 Å². The summed E-state index contributed by atoms with van der Waals surface area (Å²) in [5.74, 6) is 0.602. The molecule has 6 unspecified atom stereocenters. The zero-order valence-corrected chi connectivity index (χ0v) is 55.5. The van der Waals surface area contributed by atoms with E-state index in [9.17, 15) is 0 Å². The highest BCUT2D eigenvalue weighted by Gasteiger charge is 2.50. The Labute approximate surface area is 538 Å². The predicted molar refractivity (Wildman–Crippen MR) is 399 cm³/mol. The summed E-state index contributed by atoms with van der Waals surface area (Å²) in [6, 6.07) is 68.0. The Balaban J connectivity index is 0.000000872. The standard InChI is InChI=1S/C76H67P.C4H8.2C3H6.C2H6/c1-10-26-71-66(13-4)65(12-3)54(8)76(71,61-31-18-15-19-32-61)53(7)55-37-43-62(44-38-55)77(64-47-41-57(42-48-64)73-51-59-28-21-24-35-69(59)75(73,49-11-2)60-29-16-14-17-30-60)63-45-39-56(40-46-63)72-50-58-27-20-23-34-68(58)74(72,9)70-36-25-22-33-67(70)52(5)6;1-3-4-2;2*1-3-2;1-2/h10-48,50-51,59,69H,1-3,5,7,49H2,4,6,8-9H3;3H,1,4H2,2H3;2*3H,1H2,2H3;1-2H3/b66-13-,71-26+;;;;. The van der Waals surface area contributed by atoms with E-state index < -0.39 is 13.3 Å². The van der Waals surface area contributed by atoms with Crippen LogP contribution in [-0.2, 0) is 16.2 Å². The van der Waals surface area contributed by atoms with Crippen molar-refractivity contribution in [1.29, 1.82) is 0 Å². The van der Waals surface area contributed by atoms with E-state index in [4.69, 9.17) is 6.58 Å². The summed E-state index contributed by atoms with van der Waals surface area (Å²) in [6.45, 7) is 51.2. The molecule has 89 heavy (non-hydrogen) atoms. The molecule has 4 aliphatic rings. The van der Waals surface area contributed by atoms with Gasteiger partial charge in [0.2, 0.25) is 0 Å². The molecule has 7 aromatic rings. The molecule has 11 rings (SSSR count). The van der Waals surface area contributed by atoms with Gasteiger partial charge >= 0.3 is 0 Å². The molecule has 0 fully saturated rings. The van der Waals surface area contributed by atoms with E-state index in [1.807, 2.05) is 45.9 Å². The molecule has 0 N–H and O–H groups in total. The molecule has 0 nitrogen and oxygen atoms in total. The Bertz CT molecular complexity index is 3890. The lowest BCUT2D eigenvalue weighted by Crippen LogP contribution is -2.34. The molecular formula is C88H93P. The van der Waals surface area contributed by atoms with Gasteiger partial charge in [-0.2, -0.15) is 0 Å². The third-order valence-electron chi connectivity index (χ3n) is 17.6. The second-order valence-corrected chi connectivity index (χ2v) is 24.9. The van der Waals surface area contributed by atoms with Crippen LogP contribution in [0.4, 0.5) is 0 Å². The molecule has 0 spiro atoms. The lowest BCUT2D eigenvalue weighted by molar-refractivity contribution is 0.392. The second-order valence-electron chi connectivity index (χ2n) is 22.7. The fourth-order valence-corrected chi connectivity index (χ4v) is 16.1. The van der Waals surface area contributed by atoms with Gasteiger partial charge in [0.05, 0.1) is 5.41 Å². The van der Waals surface area contributed by atoms with E-state index >= 15 is 0 Å². The number of fused-ring (bicyclic) bond motifs is 2. The summed E-state index contributed by atoms with van der Waals surface area (Å²) >= 11 is 0. The fraction of sp³-hybridized carbons (Fsp3) is 0.182. The van der Waals surface area contributed by atoms with E-state index in [1.165, 1.54) is 77.1 Å². The Morgan fingerprint density at radius 2 is 1.08 bits per heavy atom. The number of hydrogen-bond donors (Lipinski definition) is 0. The van der Waals surface area contributed by atoms with Gasteiger partial charge < -0.3 is 0 Å². The molecule has 1 heteroatoms. The molecule has 0 aliphatic heterocycles. The van der Waals surface area contributed by atoms with Crippen molar-refractivity contribution >= 4 is 52.2 Å². The van der Waals surface area contributed by atoms with Gasteiger partial charge in [0, 0.05) is 22.7 Å². The first-order valence-corrected chi connectivity index (χ1v) is 32.9. The first-order valence-electron chi connectivity index (χ1n) is 31.6. The minimum Gasteiger partial charge on any atom is -0.103 e. The first-order chi connectivity index (χ1) is 43.3. The normalized spacial score (nSPS) is 21.0. The Morgan fingerprint density at radius 3 is 1.60 bits per heavy atom. The fourth-order valence-electron chi connectivity index (χ4n) is 13.8. The van der Waals surface area contributed by atoms with E-state index in [2.05, 4.69) is 317 Å². The van der Waals surface area contributed by atoms with Crippen molar-refractivity contribution in [2.24, 2.45) is 11.8 Å². The SMILES string of the molecule is C=C/C=C1\C(=C/C)C(C=C)=C(C)C1(C(=C)c1ccc(P(c2ccc(C3=Cc4ccccc4C3(C)c3ccccc3C(=C)C)cc2)c2ccc(C3=CC4C=CC=CC4C3(CC=C)c3ccccc3)cc2)cc1)c1ccccc1.C=CC.C=CC.C=CCC.CC. The molecule has 0 radical (unpaired) electrons. The van der Waals surface area contributed by atoms with E-state index in [-0.39, 0.29) is 10.8 Å². The molecule has 0 aromatic heterocycles. The molecule has 4 aliphatic carbocycles. The number of rotatable bonds is 16. The van der Waals surface area contributed by atoms with Gasteiger partial charge in [-0.25, -0.2) is 0 Å². The molecular weight excluding hydrogens is 1090 g/mol. The average molecular weight is 1180 g/mol. The number of benzene rings is 7. The molecule has 7 aromatic carbocycles. The maximum Gasteiger partial charge on any atom is 0.0673 e. The lowest BCUT2D eigenvalue weighted by atomic mass is 9.63. The summed E-state index contributed by atoms with van der Waals surface area (Å²) in [5.41, 5.74) is 19.3. The quantitative estimate of drug-likeness (QED) is 0.0668. The topological polar surface area (TPSA) is 0 Å². The molecule has 450 valence electrons. The predicted octanol–water partition coefficient (Wildman–Crippen LogP) is 23.1. The monoisotopic (exact) mass is 1180 g/mol. The summed E-state index contributed by atoms with van der Waals surface area (Å²) in [7, 11) is -1.03. The van der Waals surface area contributed by atoms with Crippen molar-refractivity contribution in [1.82, 2.24) is 0 Å². The molecule has 0 saturated heterocycles. The summed E-state index contributed by atoms with van der Waals surface area (Å²) in [6.07, 6.45) is 31.9. The van der Waals surface area contributed by atoms with Crippen LogP contribution in [0.2, 0.25) is 0 Å². The number of allylic oxidation sites excluding steroid dienone is 21. The van der Waals surface area contributed by atoms with Crippen molar-refractivity contribution in [2.45, 2.75) is 91.4 Å². The maximum absolute atomic E-state index is 5.00. The van der Waals surface area contributed by atoms with Crippen LogP contribution in [0, 0.1) is 11.8 Å². The van der Waals surface area contributed by atoms with Gasteiger partial charge in [0.15, 0.2) is 0 Å². The zero-order chi connectivity index (χ0) is 64.3. The van der Waals surface area contributed by atoms with Crippen LogP contribution < -0.4 is 15.9 Å². The van der Waals surface area contributed by atoms with Crippen LogP contribution in [0.1, 0.15) is 125 Å². The Hall–Kier alpha value is -8.93. The van der Waals surface area contributed by atoms with Crippen LogP contribution in [0.25, 0.3) is 28.4 Å². The van der Waals surface area contributed by atoms with Gasteiger partial charge in [-0.3, -0.25) is 0 Å². The van der Waals surface area contributed by atoms with Crippen molar-refractivity contribution in [3.63, 3.8) is 0 Å². The lowest BCUT2D eigenvalue weighted by Gasteiger charge is -2.39. The molecule has 0 saturated carbocycles. The highest BCUT2D eigenvalue weighted by atomic mass is 31.1. The van der Waals surface area contributed by atoms with Gasteiger partial charge in [-0.05, 0) is 173 Å². The molecule has 0 heterocycles. The molecule has 0 bridgehead atoms. The van der Waals surface area contributed by atoms with Crippen LogP contribution in [0.3, 0.4) is 0 Å². The summed E-state index contributed by atoms with van der Waals surface area (Å²) < 4.78 is 0. The first kappa shape index (κ1) is 67.6. The van der Waals surface area contributed by atoms with Gasteiger partial charge in [-0.1, -0.05) is 314 Å². The van der Waals surface area contributed by atoms with E-state index in [0.717, 1.165) is 46.3 Å². The smallest absolute Gasteiger partial charge is 0.0673 e. The van der Waals surface area contributed by atoms with Crippen LogP contribution >= 0.6 is 7.92 Å². The summed E-state index contributed by atoms with van der Waals surface area (Å²) in [4.78, 5) is 0. The minimum absolute atomic E-state index is 0.242. The zero-order valence-electron chi connectivity index (χ0n) is 54.6. The molecule has 0 amide bonds. The minimum atomic E-state index is -1.03. The molecule has 6 atom stereocenters. The highest BCUT2D eigenvalue weighted by molar-refractivity contribution is 7.79. The van der Waals surface area contributed by atoms with Crippen LogP contribution in [0.5, 0.6) is 0 Å². The van der Waals surface area contributed by atoms with Crippen molar-refractivity contribution in [3.05, 3.63) is 386 Å². The van der Waals surface area contributed by atoms with Gasteiger partial charge in [-0.15, -0.1) is 26.3 Å². The van der Waals surface area contributed by atoms with E-state index in [0.29, 0.717) is 11.8 Å². The van der Waals surface area contributed by atoms with Crippen molar-refractivity contribution in [3.8, 4) is 0 Å². The Morgan fingerprint density at radius 1 is 0.584 bits per heavy atom. The third kappa shape index (κ3) is 13.0. The van der Waals surface area contributed by atoms with Crippen LogP contribution in [-0.4, -0.2) is 0 Å². The second kappa shape index (κ2) is 31.3. The Kier molecular flexibility index (Phi) is 23.8. The number of hydrogen-bond acceptors (Lipinski definition) is 0. The average Bonchev–Trinajstić information content (AvgIpc) is 1.63. The largest absolute Gasteiger partial charge is 0.103 e. The maximum atomic E-state index is 5.00. The van der Waals surface area contributed by atoms with E-state index in [1.54, 1.807) is 12.2 Å². The third-order valence-corrected chi connectivity index (χ3v) is 20.1. The summed E-state index contributed by atoms with van der Waals surface area (Å²) in [5, 5.41) is 3.85. The highest BCUT2D eigenvalue weighted by Crippen LogP contribution is 2.60. The van der Waals surface area contributed by atoms with Crippen molar-refractivity contribution < 1.29 is 0 Å². The van der Waals surface area contributed by atoms with Gasteiger partial charge in [0.25, 0.3) is 0 Å².